The number of nitrogens with one attached hydrogen (secondary N) is 1. The van der Waals surface area contributed by atoms with Gasteiger partial charge in [0.15, 0.2) is 0 Å². The Balaban J connectivity index is 1.91. The molecule has 3 N–H and O–H groups in total. The monoisotopic (exact) mass is 347 g/mol. The van der Waals surface area contributed by atoms with Crippen molar-refractivity contribution in [2.45, 2.75) is 38.3 Å². The lowest BCUT2D eigenvalue weighted by Crippen LogP contribution is -2.32. The molecule has 2 amide bonds. The minimum absolute atomic E-state index is 0.0117. The molecule has 128 valence electrons. The van der Waals surface area contributed by atoms with Crippen molar-refractivity contribution in [3.05, 3.63) is 41.2 Å². The van der Waals surface area contributed by atoms with Gasteiger partial charge in [-0.3, -0.25) is 14.9 Å². The molecule has 0 saturated heterocycles. The number of carbonyl (C=O) groups excluding carboxylic acids is 2. The number of rotatable bonds is 4. The summed E-state index contributed by atoms with van der Waals surface area (Å²) < 4.78 is 1.30. The van der Waals surface area contributed by atoms with Crippen LogP contribution in [0.2, 0.25) is 0 Å². The largest absolute Gasteiger partial charge is 0.336 e. The van der Waals surface area contributed by atoms with Crippen LogP contribution < -0.4 is 11.2 Å². The van der Waals surface area contributed by atoms with Gasteiger partial charge in [0.2, 0.25) is 11.1 Å². The molecule has 7 nitrogen and oxygen atoms in total. The number of hydrogen-bond acceptors (Lipinski definition) is 6. The van der Waals surface area contributed by atoms with Gasteiger partial charge in [-0.05, 0) is 30.0 Å². The maximum Gasteiger partial charge on any atom is 0.257 e. The summed E-state index contributed by atoms with van der Waals surface area (Å²) in [4.78, 5) is 24.0. The average molecular weight is 347 g/mol. The Morgan fingerprint density at radius 1 is 1.21 bits per heavy atom. The van der Waals surface area contributed by atoms with Gasteiger partial charge in [0.1, 0.15) is 5.82 Å². The van der Waals surface area contributed by atoms with Gasteiger partial charge in [-0.15, -0.1) is 10.2 Å². The van der Waals surface area contributed by atoms with E-state index in [0.29, 0.717) is 16.5 Å². The number of nitrogens with zero attached hydrogens (tertiary/aromatic N) is 3. The summed E-state index contributed by atoms with van der Waals surface area (Å²) in [7, 11) is 0. The van der Waals surface area contributed by atoms with Crippen molar-refractivity contribution < 1.29 is 9.59 Å². The van der Waals surface area contributed by atoms with Crippen molar-refractivity contribution in [3.8, 4) is 0 Å². The van der Waals surface area contributed by atoms with Gasteiger partial charge in [0, 0.05) is 5.56 Å². The number of hydrogen-bond donors (Lipinski definition) is 2. The minimum atomic E-state index is -0.425. The Hall–Kier alpha value is -2.35. The maximum absolute atomic E-state index is 12.1. The molecule has 1 aromatic heterocycles. The first-order valence-electron chi connectivity index (χ1n) is 7.43. The topological polar surface area (TPSA) is 103 Å². The van der Waals surface area contributed by atoms with Crippen LogP contribution >= 0.6 is 11.8 Å². The zero-order valence-corrected chi connectivity index (χ0v) is 15.0. The highest BCUT2D eigenvalue weighted by atomic mass is 32.2. The van der Waals surface area contributed by atoms with E-state index in [1.165, 1.54) is 4.68 Å². The Morgan fingerprint density at radius 3 is 2.33 bits per heavy atom. The van der Waals surface area contributed by atoms with Crippen molar-refractivity contribution >= 4 is 23.6 Å². The van der Waals surface area contributed by atoms with Crippen molar-refractivity contribution in [2.24, 2.45) is 0 Å². The lowest BCUT2D eigenvalue weighted by atomic mass is 9.87. The third-order valence-electron chi connectivity index (χ3n) is 3.43. The van der Waals surface area contributed by atoms with E-state index in [0.717, 1.165) is 17.3 Å². The molecule has 2 aromatic rings. The third-order valence-corrected chi connectivity index (χ3v) is 4.38. The number of imide groups is 1. The number of nitrogen functional groups attached to an aromatic ring is 1. The normalized spacial score (nSPS) is 11.3. The number of nitrogens with two attached hydrogens (primary N) is 1. The molecule has 8 heteroatoms. The van der Waals surface area contributed by atoms with Crippen LogP contribution in [-0.2, 0) is 10.2 Å². The second kappa shape index (κ2) is 7.04. The summed E-state index contributed by atoms with van der Waals surface area (Å²) in [5, 5.41) is 10.4. The molecular weight excluding hydrogens is 326 g/mol. The highest BCUT2D eigenvalue weighted by Crippen LogP contribution is 2.22. The Kier molecular flexibility index (Phi) is 5.28. The summed E-state index contributed by atoms with van der Waals surface area (Å²) >= 11 is 1.12. The van der Waals surface area contributed by atoms with Crippen LogP contribution in [0.3, 0.4) is 0 Å². The number of carbonyl (C=O) groups is 2. The maximum atomic E-state index is 12.1. The van der Waals surface area contributed by atoms with Gasteiger partial charge in [0.05, 0.1) is 5.75 Å². The Bertz CT molecular complexity index is 747. The van der Waals surface area contributed by atoms with E-state index in [1.807, 2.05) is 12.1 Å². The van der Waals surface area contributed by atoms with Gasteiger partial charge < -0.3 is 5.84 Å². The fraction of sp³-hybridized carbons (Fsp3) is 0.375. The van der Waals surface area contributed by atoms with Gasteiger partial charge >= 0.3 is 0 Å². The molecule has 0 aliphatic rings. The summed E-state index contributed by atoms with van der Waals surface area (Å²) in [5.41, 5.74) is 1.58. The van der Waals surface area contributed by atoms with E-state index < -0.39 is 11.8 Å². The highest BCUT2D eigenvalue weighted by molar-refractivity contribution is 7.99. The van der Waals surface area contributed by atoms with Crippen molar-refractivity contribution in [1.29, 1.82) is 0 Å². The van der Waals surface area contributed by atoms with E-state index in [4.69, 9.17) is 5.84 Å². The van der Waals surface area contributed by atoms with Crippen molar-refractivity contribution in [3.63, 3.8) is 0 Å². The molecular formula is C16H21N5O2S. The van der Waals surface area contributed by atoms with E-state index in [-0.39, 0.29) is 11.2 Å². The molecule has 24 heavy (non-hydrogen) atoms. The molecule has 0 bridgehead atoms. The van der Waals surface area contributed by atoms with Crippen LogP contribution in [0.15, 0.2) is 29.4 Å². The molecule has 2 rings (SSSR count). The van der Waals surface area contributed by atoms with Crippen molar-refractivity contribution in [1.82, 2.24) is 20.2 Å². The number of aromatic nitrogens is 3. The lowest BCUT2D eigenvalue weighted by molar-refractivity contribution is -0.117. The van der Waals surface area contributed by atoms with Gasteiger partial charge in [-0.25, -0.2) is 4.68 Å². The Morgan fingerprint density at radius 2 is 1.83 bits per heavy atom. The summed E-state index contributed by atoms with van der Waals surface area (Å²) in [6.45, 7) is 8.00. The number of aryl methyl sites for hydroxylation is 1. The fourth-order valence-corrected chi connectivity index (χ4v) is 2.64. The molecule has 0 saturated carbocycles. The predicted octanol–water partition coefficient (Wildman–Crippen LogP) is 1.65. The van der Waals surface area contributed by atoms with Crippen LogP contribution in [-0.4, -0.2) is 32.4 Å². The minimum Gasteiger partial charge on any atom is -0.336 e. The fourth-order valence-electron chi connectivity index (χ4n) is 1.93. The second-order valence-corrected chi connectivity index (χ2v) is 7.34. The number of benzene rings is 1. The molecule has 0 radical (unpaired) electrons. The molecule has 1 heterocycles. The number of amides is 2. The molecule has 0 fully saturated rings. The second-order valence-electron chi connectivity index (χ2n) is 6.39. The Labute approximate surface area is 145 Å². The predicted molar refractivity (Wildman–Crippen MR) is 93.2 cm³/mol. The van der Waals surface area contributed by atoms with Crippen LogP contribution in [0.4, 0.5) is 0 Å². The SMILES string of the molecule is Cc1nnc(SCC(=O)NC(=O)c2ccc(C(C)(C)C)cc2)n1N. The van der Waals surface area contributed by atoms with Crippen LogP contribution in [0.5, 0.6) is 0 Å². The lowest BCUT2D eigenvalue weighted by Gasteiger charge is -2.18. The summed E-state index contributed by atoms with van der Waals surface area (Å²) in [5.74, 6) is 5.44. The molecule has 0 aliphatic heterocycles. The molecule has 0 spiro atoms. The first-order valence-corrected chi connectivity index (χ1v) is 8.41. The van der Waals surface area contributed by atoms with Crippen LogP contribution in [0.1, 0.15) is 42.5 Å². The molecule has 0 aliphatic carbocycles. The zero-order chi connectivity index (χ0) is 17.9. The average Bonchev–Trinajstić information content (AvgIpc) is 2.84. The summed E-state index contributed by atoms with van der Waals surface area (Å²) in [6, 6.07) is 7.23. The number of thioether (sulfide) groups is 1. The van der Waals surface area contributed by atoms with E-state index >= 15 is 0 Å². The molecule has 0 unspecified atom stereocenters. The molecule has 0 atom stereocenters. The first kappa shape index (κ1) is 18.0. The molecule has 1 aromatic carbocycles. The van der Waals surface area contributed by atoms with Crippen LogP contribution in [0.25, 0.3) is 0 Å². The first-order chi connectivity index (χ1) is 11.2. The van der Waals surface area contributed by atoms with Crippen LogP contribution in [0, 0.1) is 6.92 Å². The smallest absolute Gasteiger partial charge is 0.257 e. The summed E-state index contributed by atoms with van der Waals surface area (Å²) in [6.07, 6.45) is 0. The van der Waals surface area contributed by atoms with Crippen molar-refractivity contribution in [2.75, 3.05) is 11.6 Å². The third kappa shape index (κ3) is 4.35. The zero-order valence-electron chi connectivity index (χ0n) is 14.2. The van der Waals surface area contributed by atoms with Gasteiger partial charge in [0.25, 0.3) is 5.91 Å². The van der Waals surface area contributed by atoms with Gasteiger partial charge in [-0.2, -0.15) is 0 Å². The van der Waals surface area contributed by atoms with Gasteiger partial charge in [-0.1, -0.05) is 44.7 Å². The van der Waals surface area contributed by atoms with E-state index in [2.05, 4.69) is 36.3 Å². The van der Waals surface area contributed by atoms with E-state index in [1.54, 1.807) is 19.1 Å². The standard InChI is InChI=1S/C16H21N5O2S/c1-10-19-20-15(21(10)17)24-9-13(22)18-14(23)11-5-7-12(8-6-11)16(2,3)4/h5-8H,9,17H2,1-4H3,(H,18,22,23). The quantitative estimate of drug-likeness (QED) is 0.644. The highest BCUT2D eigenvalue weighted by Gasteiger charge is 2.16. The van der Waals surface area contributed by atoms with E-state index in [9.17, 15) is 9.59 Å².